The molecule has 4 nitrogen and oxygen atoms in total. The molecule has 0 atom stereocenters. The first kappa shape index (κ1) is 32.1. The van der Waals surface area contributed by atoms with Crippen LogP contribution in [0.25, 0.3) is 0 Å². The number of nitrogens with one attached hydrogen (secondary N) is 2. The fourth-order valence-electron chi connectivity index (χ4n) is 3.48. The average molecular weight is 682 g/mol. The Bertz CT molecular complexity index is 756. The Hall–Kier alpha value is 0.0870. The average Bonchev–Trinajstić information content (AvgIpc) is 3.39. The van der Waals surface area contributed by atoms with Crippen LogP contribution in [0.3, 0.4) is 0 Å². The SMILES string of the molecule is CCCCC1=[C]([Zr][C]2=C(CCCC)C=CC2)CC=C1.C[Si](C)(C)C(=O)[NH][InH][NH]C(=O)[Si](C)(C)C. The minimum atomic E-state index is -1.72. The van der Waals surface area contributed by atoms with Gasteiger partial charge in [0.25, 0.3) is 0 Å². The number of rotatable bonds is 12. The summed E-state index contributed by atoms with van der Waals surface area (Å²) in [6.07, 6.45) is 20.2. The van der Waals surface area contributed by atoms with Gasteiger partial charge in [0, 0.05) is 0 Å². The third kappa shape index (κ3) is 12.4. The predicted octanol–water partition coefficient (Wildman–Crippen LogP) is 7.39. The molecule has 2 N–H and O–H groups in total. The molecule has 0 aromatic rings. The Kier molecular flexibility index (Phi) is 15.1. The molecule has 0 spiro atoms. The van der Waals surface area contributed by atoms with E-state index in [0.717, 1.165) is 0 Å². The van der Waals surface area contributed by atoms with E-state index in [1.807, 2.05) is 45.8 Å². The predicted molar refractivity (Wildman–Crippen MR) is 152 cm³/mol. The zero-order valence-electron chi connectivity index (χ0n) is 23.0. The Morgan fingerprint density at radius 1 is 0.794 bits per heavy atom. The summed E-state index contributed by atoms with van der Waals surface area (Å²) in [7, 11) is -3.43. The van der Waals surface area contributed by atoms with Crippen molar-refractivity contribution in [3.8, 4) is 0 Å². The normalized spacial score (nSPS) is 15.3. The van der Waals surface area contributed by atoms with Crippen LogP contribution in [0.4, 0.5) is 9.59 Å². The van der Waals surface area contributed by atoms with E-state index in [4.69, 9.17) is 0 Å². The maximum atomic E-state index is 11.6. The zero-order chi connectivity index (χ0) is 25.8. The summed E-state index contributed by atoms with van der Waals surface area (Å²) in [4.78, 5) is 23.1. The number of hydrogen-bond donors (Lipinski definition) is 2. The molecule has 2 amide bonds. The Morgan fingerprint density at radius 2 is 1.18 bits per heavy atom. The van der Waals surface area contributed by atoms with Gasteiger partial charge in [-0.05, 0) is 0 Å². The standard InChI is InChI=1S/2C9H13.2C4H11NOSi.In.Zr.H/c2*1-2-3-6-9-7-4-5-8-9;2*1-7(2,3)4(5)6;;;/h2*4,7H,2-3,5-6H2,1H3;2*1-3H3,(H2,5,6);;;/q;;;;+2;;/p-2. The summed E-state index contributed by atoms with van der Waals surface area (Å²) in [5, 5.41) is 0. The van der Waals surface area contributed by atoms with Gasteiger partial charge in [0.1, 0.15) is 0 Å². The van der Waals surface area contributed by atoms with Crippen molar-refractivity contribution in [1.82, 2.24) is 6.61 Å². The van der Waals surface area contributed by atoms with Gasteiger partial charge in [0.05, 0.1) is 0 Å². The first-order valence-corrected chi connectivity index (χ1v) is 26.5. The van der Waals surface area contributed by atoms with E-state index in [1.165, 1.54) is 51.4 Å². The molecule has 34 heavy (non-hydrogen) atoms. The van der Waals surface area contributed by atoms with Crippen molar-refractivity contribution >= 4 is 50.7 Å². The van der Waals surface area contributed by atoms with Crippen molar-refractivity contribution in [2.75, 3.05) is 0 Å². The summed E-state index contributed by atoms with van der Waals surface area (Å²) in [6, 6.07) is 0. The fraction of sp³-hybridized carbons (Fsp3) is 0.615. The molecule has 188 valence electrons. The van der Waals surface area contributed by atoms with Gasteiger partial charge in [-0.1, -0.05) is 0 Å². The van der Waals surface area contributed by atoms with Crippen molar-refractivity contribution in [3.63, 3.8) is 0 Å². The molecule has 2 rings (SSSR count). The van der Waals surface area contributed by atoms with Crippen LogP contribution in [-0.4, -0.2) is 50.7 Å². The van der Waals surface area contributed by atoms with Gasteiger partial charge in [-0.25, -0.2) is 0 Å². The molecular weight excluding hydrogens is 635 g/mol. The van der Waals surface area contributed by atoms with Crippen molar-refractivity contribution in [2.24, 2.45) is 0 Å². The first-order chi connectivity index (χ1) is 15.9. The summed E-state index contributed by atoms with van der Waals surface area (Å²) in [6.45, 7) is 16.6. The molecule has 0 bridgehead atoms. The summed E-state index contributed by atoms with van der Waals surface area (Å²) in [5.74, 6) is 0. The number of carbonyl (C=O) groups excluding carboxylic acids is 2. The van der Waals surface area contributed by atoms with E-state index in [9.17, 15) is 9.59 Å². The number of carbonyl (C=O) groups is 2. The second-order valence-electron chi connectivity index (χ2n) is 11.2. The topological polar surface area (TPSA) is 58.2 Å². The van der Waals surface area contributed by atoms with Crippen LogP contribution in [0.15, 0.2) is 42.0 Å². The van der Waals surface area contributed by atoms with E-state index in [2.05, 4.69) is 44.8 Å². The quantitative estimate of drug-likeness (QED) is 0.211. The zero-order valence-corrected chi connectivity index (χ0v) is 31.5. The summed E-state index contributed by atoms with van der Waals surface area (Å²) >= 11 is -2.07. The molecule has 2 aliphatic carbocycles. The van der Waals surface area contributed by atoms with E-state index in [0.29, 0.717) is 0 Å². The molecule has 0 saturated carbocycles. The van der Waals surface area contributed by atoms with Crippen LogP contribution in [-0.2, 0) is 23.2 Å². The van der Waals surface area contributed by atoms with Crippen molar-refractivity contribution < 1.29 is 32.8 Å². The van der Waals surface area contributed by atoms with Gasteiger partial charge in [0.2, 0.25) is 0 Å². The molecule has 2 aliphatic rings. The van der Waals surface area contributed by atoms with Gasteiger partial charge < -0.3 is 0 Å². The minimum absolute atomic E-state index is 0.175. The Morgan fingerprint density at radius 3 is 1.50 bits per heavy atom. The molecule has 0 fully saturated rings. The van der Waals surface area contributed by atoms with Gasteiger partial charge in [0.15, 0.2) is 0 Å². The van der Waals surface area contributed by atoms with E-state index >= 15 is 0 Å². The summed E-state index contributed by atoms with van der Waals surface area (Å²) in [5.41, 5.74) is 3.77. The Labute approximate surface area is 234 Å². The molecule has 8 heteroatoms. The van der Waals surface area contributed by atoms with Crippen molar-refractivity contribution in [1.29, 1.82) is 0 Å². The van der Waals surface area contributed by atoms with Gasteiger partial charge >= 0.3 is 237 Å². The molecule has 0 aliphatic heterocycles. The maximum absolute atomic E-state index is 11.6. The molecule has 0 unspecified atom stereocenters. The van der Waals surface area contributed by atoms with Crippen LogP contribution in [0.2, 0.25) is 39.3 Å². The third-order valence-corrected chi connectivity index (χ3v) is 17.8. The van der Waals surface area contributed by atoms with Crippen molar-refractivity contribution in [3.05, 3.63) is 42.0 Å². The second kappa shape index (κ2) is 16.0. The van der Waals surface area contributed by atoms with E-state index in [-0.39, 0.29) is 11.1 Å². The fourth-order valence-corrected chi connectivity index (χ4v) is 19.8. The number of hydrogen-bond acceptors (Lipinski definition) is 2. The number of allylic oxidation sites excluding steroid dienone is 8. The van der Waals surface area contributed by atoms with E-state index < -0.39 is 62.9 Å². The van der Waals surface area contributed by atoms with Crippen LogP contribution >= 0.6 is 0 Å². The molecule has 0 heterocycles. The van der Waals surface area contributed by atoms with Gasteiger partial charge in [-0.2, -0.15) is 0 Å². The van der Waals surface area contributed by atoms with Crippen LogP contribution in [0, 0.1) is 0 Å². The van der Waals surface area contributed by atoms with Crippen LogP contribution in [0.1, 0.15) is 65.2 Å². The monoisotopic (exact) mass is 680 g/mol. The third-order valence-electron chi connectivity index (χ3n) is 5.82. The molecule has 0 aromatic heterocycles. The molecule has 0 radical (unpaired) electrons. The van der Waals surface area contributed by atoms with Gasteiger partial charge in [-0.15, -0.1) is 0 Å². The molecule has 0 aromatic carbocycles. The van der Waals surface area contributed by atoms with Gasteiger partial charge in [-0.3, -0.25) is 0 Å². The second-order valence-corrected chi connectivity index (χ2v) is 27.8. The summed E-state index contributed by atoms with van der Waals surface area (Å²) < 4.78 is 9.63. The number of amides is 2. The van der Waals surface area contributed by atoms with Crippen LogP contribution in [0.5, 0.6) is 0 Å². The first-order valence-electron chi connectivity index (χ1n) is 13.0. The molecule has 0 saturated heterocycles. The molecular formula is C26H47InN2O2Si2Zr. The Balaban J connectivity index is 0.000000352. The van der Waals surface area contributed by atoms with E-state index in [1.54, 1.807) is 11.1 Å². The van der Waals surface area contributed by atoms with Crippen LogP contribution < -0.4 is 6.61 Å². The number of unbranched alkanes of at least 4 members (excludes halogenated alkanes) is 2. The van der Waals surface area contributed by atoms with Crippen molar-refractivity contribution in [2.45, 2.75) is 104 Å².